The molecule has 0 aromatic rings. The van der Waals surface area contributed by atoms with Crippen molar-refractivity contribution in [3.05, 3.63) is 0 Å². The molecular formula is C11H21NO2. The molecule has 1 aliphatic rings. The van der Waals surface area contributed by atoms with E-state index in [-0.39, 0.29) is 24.0 Å². The highest BCUT2D eigenvalue weighted by atomic mass is 16.5. The lowest BCUT2D eigenvalue weighted by Crippen LogP contribution is -2.37. The Hall–Kier alpha value is -0.570. The number of rotatable bonds is 2. The Labute approximate surface area is 86.0 Å². The van der Waals surface area contributed by atoms with Crippen molar-refractivity contribution in [2.45, 2.75) is 52.2 Å². The number of nitrogens with two attached hydrogens (primary N) is 1. The number of esters is 1. The van der Waals surface area contributed by atoms with Crippen molar-refractivity contribution in [2.75, 3.05) is 0 Å². The molecule has 0 radical (unpaired) electrons. The van der Waals surface area contributed by atoms with Crippen LogP contribution < -0.4 is 5.73 Å². The zero-order valence-electron chi connectivity index (χ0n) is 9.32. The number of carbonyl (C=O) groups excluding carboxylic acids is 1. The van der Waals surface area contributed by atoms with E-state index in [9.17, 15) is 4.79 Å². The van der Waals surface area contributed by atoms with Gasteiger partial charge in [-0.25, -0.2) is 0 Å². The van der Waals surface area contributed by atoms with E-state index < -0.39 is 0 Å². The summed E-state index contributed by atoms with van der Waals surface area (Å²) < 4.78 is 5.19. The standard InChI is InChI=1S/C11H21NO2/c1-7(2)14-11(13)9-4-5-10(12)8(3)6-9/h7-10H,4-6,12H2,1-3H3/t8-,9-,10-/m0/s1. The Morgan fingerprint density at radius 1 is 1.43 bits per heavy atom. The maximum Gasteiger partial charge on any atom is 0.309 e. The van der Waals surface area contributed by atoms with Gasteiger partial charge in [0.2, 0.25) is 0 Å². The third-order valence-electron chi connectivity index (χ3n) is 2.92. The van der Waals surface area contributed by atoms with Crippen LogP contribution in [0.5, 0.6) is 0 Å². The van der Waals surface area contributed by atoms with Crippen LogP contribution >= 0.6 is 0 Å². The first-order chi connectivity index (χ1) is 6.50. The average molecular weight is 199 g/mol. The van der Waals surface area contributed by atoms with Crippen molar-refractivity contribution in [3.8, 4) is 0 Å². The molecule has 14 heavy (non-hydrogen) atoms. The first kappa shape index (κ1) is 11.5. The van der Waals surface area contributed by atoms with Gasteiger partial charge in [-0.2, -0.15) is 0 Å². The van der Waals surface area contributed by atoms with E-state index in [0.717, 1.165) is 19.3 Å². The van der Waals surface area contributed by atoms with Gasteiger partial charge < -0.3 is 10.5 Å². The number of hydrogen-bond acceptors (Lipinski definition) is 3. The van der Waals surface area contributed by atoms with E-state index in [1.165, 1.54) is 0 Å². The van der Waals surface area contributed by atoms with Gasteiger partial charge >= 0.3 is 5.97 Å². The van der Waals surface area contributed by atoms with Crippen LogP contribution in [0, 0.1) is 11.8 Å². The quantitative estimate of drug-likeness (QED) is 0.689. The Morgan fingerprint density at radius 2 is 2.07 bits per heavy atom. The van der Waals surface area contributed by atoms with Crippen LogP contribution in [0.1, 0.15) is 40.0 Å². The van der Waals surface area contributed by atoms with Crippen LogP contribution in [-0.4, -0.2) is 18.1 Å². The van der Waals surface area contributed by atoms with Crippen LogP contribution in [0.25, 0.3) is 0 Å². The zero-order chi connectivity index (χ0) is 10.7. The molecule has 2 N–H and O–H groups in total. The molecule has 0 spiro atoms. The fourth-order valence-corrected chi connectivity index (χ4v) is 1.96. The first-order valence-electron chi connectivity index (χ1n) is 5.46. The van der Waals surface area contributed by atoms with Crippen molar-refractivity contribution >= 4 is 5.97 Å². The lowest BCUT2D eigenvalue weighted by atomic mass is 9.79. The van der Waals surface area contributed by atoms with Gasteiger partial charge in [0, 0.05) is 6.04 Å². The smallest absolute Gasteiger partial charge is 0.309 e. The van der Waals surface area contributed by atoms with Gasteiger partial charge in [0.15, 0.2) is 0 Å². The Balaban J connectivity index is 2.42. The van der Waals surface area contributed by atoms with Gasteiger partial charge in [0.1, 0.15) is 0 Å². The van der Waals surface area contributed by atoms with Gasteiger partial charge in [0.25, 0.3) is 0 Å². The second-order valence-corrected chi connectivity index (χ2v) is 4.64. The molecule has 82 valence electrons. The fourth-order valence-electron chi connectivity index (χ4n) is 1.96. The molecule has 0 heterocycles. The van der Waals surface area contributed by atoms with Gasteiger partial charge in [-0.15, -0.1) is 0 Å². The summed E-state index contributed by atoms with van der Waals surface area (Å²) in [5.74, 6) is 0.472. The molecule has 3 nitrogen and oxygen atoms in total. The third-order valence-corrected chi connectivity index (χ3v) is 2.92. The van der Waals surface area contributed by atoms with Gasteiger partial charge in [-0.05, 0) is 39.0 Å². The maximum atomic E-state index is 11.6. The van der Waals surface area contributed by atoms with Gasteiger partial charge in [0.05, 0.1) is 12.0 Å². The van der Waals surface area contributed by atoms with Crippen molar-refractivity contribution < 1.29 is 9.53 Å². The van der Waals surface area contributed by atoms with Crippen molar-refractivity contribution in [2.24, 2.45) is 17.6 Å². The van der Waals surface area contributed by atoms with Crippen LogP contribution in [0.3, 0.4) is 0 Å². The Bertz CT molecular complexity index is 203. The molecule has 3 atom stereocenters. The predicted molar refractivity (Wildman–Crippen MR) is 55.7 cm³/mol. The van der Waals surface area contributed by atoms with Crippen molar-refractivity contribution in [3.63, 3.8) is 0 Å². The summed E-state index contributed by atoms with van der Waals surface area (Å²) in [7, 11) is 0. The molecule has 1 rings (SSSR count). The molecule has 0 amide bonds. The van der Waals surface area contributed by atoms with Crippen LogP contribution in [0.15, 0.2) is 0 Å². The van der Waals surface area contributed by atoms with Crippen LogP contribution in [-0.2, 0) is 9.53 Å². The highest BCUT2D eigenvalue weighted by Gasteiger charge is 2.30. The average Bonchev–Trinajstić information content (AvgIpc) is 2.08. The van der Waals surface area contributed by atoms with Crippen molar-refractivity contribution in [1.82, 2.24) is 0 Å². The van der Waals surface area contributed by atoms with E-state index in [0.29, 0.717) is 5.92 Å². The highest BCUT2D eigenvalue weighted by molar-refractivity contribution is 5.72. The van der Waals surface area contributed by atoms with E-state index in [1.807, 2.05) is 13.8 Å². The molecule has 0 saturated heterocycles. The van der Waals surface area contributed by atoms with E-state index in [2.05, 4.69) is 6.92 Å². The van der Waals surface area contributed by atoms with Gasteiger partial charge in [-0.1, -0.05) is 6.92 Å². The van der Waals surface area contributed by atoms with E-state index >= 15 is 0 Å². The summed E-state index contributed by atoms with van der Waals surface area (Å²) in [6.45, 7) is 5.88. The summed E-state index contributed by atoms with van der Waals surface area (Å²) in [6.07, 6.45) is 2.71. The summed E-state index contributed by atoms with van der Waals surface area (Å²) in [5, 5.41) is 0. The minimum Gasteiger partial charge on any atom is -0.463 e. The molecule has 0 unspecified atom stereocenters. The largest absolute Gasteiger partial charge is 0.463 e. The minimum absolute atomic E-state index is 0.00611. The highest BCUT2D eigenvalue weighted by Crippen LogP contribution is 2.28. The number of carbonyl (C=O) groups is 1. The predicted octanol–water partition coefficient (Wildman–Crippen LogP) is 1.70. The topological polar surface area (TPSA) is 52.3 Å². The molecule has 3 heteroatoms. The maximum absolute atomic E-state index is 11.6. The molecule has 0 aromatic heterocycles. The first-order valence-corrected chi connectivity index (χ1v) is 5.46. The second kappa shape index (κ2) is 4.78. The normalized spacial score (nSPS) is 33.1. The van der Waals surface area contributed by atoms with Crippen LogP contribution in [0.4, 0.5) is 0 Å². The number of ether oxygens (including phenoxy) is 1. The molecule has 0 aromatic carbocycles. The lowest BCUT2D eigenvalue weighted by Gasteiger charge is -2.30. The monoisotopic (exact) mass is 199 g/mol. The molecule has 0 aliphatic heterocycles. The molecule has 0 bridgehead atoms. The third kappa shape index (κ3) is 2.98. The molecule has 1 fully saturated rings. The summed E-state index contributed by atoms with van der Waals surface area (Å²) in [4.78, 5) is 11.6. The fraction of sp³-hybridized carbons (Fsp3) is 0.909. The summed E-state index contributed by atoms with van der Waals surface area (Å²) in [5.41, 5.74) is 5.89. The minimum atomic E-state index is -0.0428. The molecule has 1 aliphatic carbocycles. The molecular weight excluding hydrogens is 178 g/mol. The van der Waals surface area contributed by atoms with Gasteiger partial charge in [-0.3, -0.25) is 4.79 Å². The SMILES string of the molecule is CC(C)OC(=O)[C@H]1CC[C@H](N)[C@@H](C)C1. The van der Waals surface area contributed by atoms with E-state index in [4.69, 9.17) is 10.5 Å². The second-order valence-electron chi connectivity index (χ2n) is 4.64. The van der Waals surface area contributed by atoms with Crippen LogP contribution in [0.2, 0.25) is 0 Å². The molecule has 1 saturated carbocycles. The van der Waals surface area contributed by atoms with E-state index in [1.54, 1.807) is 0 Å². The Kier molecular flexibility index (Phi) is 3.93. The summed E-state index contributed by atoms with van der Waals surface area (Å²) >= 11 is 0. The Morgan fingerprint density at radius 3 is 2.57 bits per heavy atom. The number of hydrogen-bond donors (Lipinski definition) is 1. The summed E-state index contributed by atoms with van der Waals surface area (Å²) in [6, 6.07) is 0.262. The lowest BCUT2D eigenvalue weighted by molar-refractivity contribution is -0.154. The zero-order valence-corrected chi connectivity index (χ0v) is 9.32. The van der Waals surface area contributed by atoms with Crippen molar-refractivity contribution in [1.29, 1.82) is 0 Å².